The van der Waals surface area contributed by atoms with Gasteiger partial charge in [0.2, 0.25) is 0 Å². The summed E-state index contributed by atoms with van der Waals surface area (Å²) >= 11 is 0. The monoisotopic (exact) mass is 394 g/mol. The number of ether oxygens (including phenoxy) is 1. The number of hydrogen-bond donors (Lipinski definition) is 1. The van der Waals surface area contributed by atoms with Crippen molar-refractivity contribution >= 4 is 5.91 Å². The maximum absolute atomic E-state index is 12.8. The van der Waals surface area contributed by atoms with Crippen LogP contribution >= 0.6 is 0 Å². The van der Waals surface area contributed by atoms with E-state index in [1.807, 2.05) is 0 Å². The molecule has 3 rings (SSSR count). The molecule has 2 aromatic rings. The predicted octanol–water partition coefficient (Wildman–Crippen LogP) is 2.66. The van der Waals surface area contributed by atoms with Crippen molar-refractivity contribution in [3.8, 4) is 17.5 Å². The van der Waals surface area contributed by atoms with Gasteiger partial charge in [0.25, 0.3) is 5.89 Å². The smallest absolute Gasteiger partial charge is 0.416 e. The van der Waals surface area contributed by atoms with Gasteiger partial charge in [0.1, 0.15) is 0 Å². The van der Waals surface area contributed by atoms with Gasteiger partial charge in [0.15, 0.2) is 12.0 Å². The largest absolute Gasteiger partial charge is 0.432 e. The highest BCUT2D eigenvalue weighted by Gasteiger charge is 2.33. The number of likely N-dealkylation sites (tertiary alicyclic amines) is 1. The van der Waals surface area contributed by atoms with E-state index in [1.165, 1.54) is 30.3 Å². The van der Waals surface area contributed by atoms with E-state index in [9.17, 15) is 18.0 Å². The third-order valence-electron chi connectivity index (χ3n) is 4.41. The van der Waals surface area contributed by atoms with Crippen LogP contribution in [-0.4, -0.2) is 48.1 Å². The third-order valence-corrected chi connectivity index (χ3v) is 4.41. The van der Waals surface area contributed by atoms with E-state index >= 15 is 0 Å². The minimum atomic E-state index is -4.48. The van der Waals surface area contributed by atoms with Gasteiger partial charge in [0, 0.05) is 25.3 Å². The van der Waals surface area contributed by atoms with Crippen molar-refractivity contribution in [3.63, 3.8) is 0 Å². The first-order valence-electron chi connectivity index (χ1n) is 8.41. The van der Waals surface area contributed by atoms with E-state index in [2.05, 4.69) is 16.5 Å². The molecule has 1 aliphatic heterocycles. The standard InChI is InChI=1S/C18H17F3N4O3/c1-27-9-14-6-13(8-25(14)10-22)24-16(26)17-23-7-15(28-17)11-3-2-4-12(5-11)18(19,20)21/h2-5,7,13-14H,6,8-9H2,1H3,(H,24,26)/t13-,14+/m1/s1. The van der Waals surface area contributed by atoms with Gasteiger partial charge in [-0.1, -0.05) is 12.1 Å². The van der Waals surface area contributed by atoms with Crippen molar-refractivity contribution in [1.29, 1.82) is 5.26 Å². The number of amides is 1. The van der Waals surface area contributed by atoms with E-state index in [0.29, 0.717) is 19.6 Å². The lowest BCUT2D eigenvalue weighted by atomic mass is 10.1. The van der Waals surface area contributed by atoms with Crippen LogP contribution in [0.15, 0.2) is 34.9 Å². The summed E-state index contributed by atoms with van der Waals surface area (Å²) in [6, 6.07) is 4.14. The van der Waals surface area contributed by atoms with Gasteiger partial charge in [-0.25, -0.2) is 4.98 Å². The van der Waals surface area contributed by atoms with Crippen molar-refractivity contribution in [3.05, 3.63) is 41.9 Å². The molecule has 0 aliphatic carbocycles. The van der Waals surface area contributed by atoms with Crippen LogP contribution in [0.25, 0.3) is 11.3 Å². The second kappa shape index (κ2) is 7.90. The Morgan fingerprint density at radius 2 is 2.29 bits per heavy atom. The fourth-order valence-electron chi connectivity index (χ4n) is 3.10. The zero-order valence-electron chi connectivity index (χ0n) is 14.9. The second-order valence-electron chi connectivity index (χ2n) is 6.38. The molecule has 28 heavy (non-hydrogen) atoms. The molecule has 7 nitrogen and oxygen atoms in total. The molecule has 1 saturated heterocycles. The van der Waals surface area contributed by atoms with Gasteiger partial charge in [0.05, 0.1) is 24.4 Å². The van der Waals surface area contributed by atoms with Crippen LogP contribution in [0.3, 0.4) is 0 Å². The van der Waals surface area contributed by atoms with Crippen molar-refractivity contribution in [2.24, 2.45) is 0 Å². The van der Waals surface area contributed by atoms with Crippen LogP contribution in [0.4, 0.5) is 13.2 Å². The number of nitrogens with one attached hydrogen (secondary N) is 1. The van der Waals surface area contributed by atoms with Crippen LogP contribution < -0.4 is 5.32 Å². The molecule has 0 bridgehead atoms. The SMILES string of the molecule is COC[C@@H]1C[C@@H](NC(=O)c2ncc(-c3cccc(C(F)(F)F)c3)o2)CN1C#N. The van der Waals surface area contributed by atoms with Crippen molar-refractivity contribution in [2.75, 3.05) is 20.3 Å². The van der Waals surface area contributed by atoms with Crippen molar-refractivity contribution in [1.82, 2.24) is 15.2 Å². The molecule has 1 amide bonds. The van der Waals surface area contributed by atoms with E-state index < -0.39 is 17.6 Å². The normalized spacial score (nSPS) is 19.5. The minimum absolute atomic E-state index is 0.0542. The summed E-state index contributed by atoms with van der Waals surface area (Å²) in [5, 5.41) is 11.9. The molecule has 0 unspecified atom stereocenters. The fraction of sp³-hybridized carbons (Fsp3) is 0.389. The summed E-state index contributed by atoms with van der Waals surface area (Å²) in [6.45, 7) is 0.691. The number of aromatic nitrogens is 1. The van der Waals surface area contributed by atoms with Gasteiger partial charge in [-0.2, -0.15) is 18.4 Å². The molecule has 1 aliphatic rings. The highest BCUT2D eigenvalue weighted by atomic mass is 19.4. The average molecular weight is 394 g/mol. The maximum Gasteiger partial charge on any atom is 0.416 e. The summed E-state index contributed by atoms with van der Waals surface area (Å²) in [4.78, 5) is 17.7. The number of nitrogens with zero attached hydrogens (tertiary/aromatic N) is 3. The number of alkyl halides is 3. The topological polar surface area (TPSA) is 91.4 Å². The zero-order chi connectivity index (χ0) is 20.3. The van der Waals surface area contributed by atoms with Gasteiger partial charge < -0.3 is 19.4 Å². The quantitative estimate of drug-likeness (QED) is 0.784. The number of hydrogen-bond acceptors (Lipinski definition) is 6. The number of carbonyl (C=O) groups is 1. The summed E-state index contributed by atoms with van der Waals surface area (Å²) in [5.74, 6) is -0.802. The molecule has 10 heteroatoms. The Morgan fingerprint density at radius 1 is 1.50 bits per heavy atom. The summed E-state index contributed by atoms with van der Waals surface area (Å²) in [6.07, 6.45) is -0.701. The summed E-state index contributed by atoms with van der Waals surface area (Å²) in [5.41, 5.74) is -0.655. The predicted molar refractivity (Wildman–Crippen MR) is 90.8 cm³/mol. The second-order valence-corrected chi connectivity index (χ2v) is 6.38. The van der Waals surface area contributed by atoms with Crippen LogP contribution in [0, 0.1) is 11.5 Å². The van der Waals surface area contributed by atoms with Crippen molar-refractivity contribution in [2.45, 2.75) is 24.7 Å². The molecular weight excluding hydrogens is 377 g/mol. The van der Waals surface area contributed by atoms with Crippen molar-refractivity contribution < 1.29 is 27.1 Å². The molecule has 1 fully saturated rings. The van der Waals surface area contributed by atoms with E-state index in [1.54, 1.807) is 0 Å². The molecule has 0 radical (unpaired) electrons. The van der Waals surface area contributed by atoms with Crippen LogP contribution in [0.2, 0.25) is 0 Å². The molecule has 0 saturated carbocycles. The number of carbonyl (C=O) groups excluding carboxylic acids is 1. The molecule has 0 spiro atoms. The Kier molecular flexibility index (Phi) is 5.56. The van der Waals surface area contributed by atoms with Gasteiger partial charge in [-0.15, -0.1) is 0 Å². The Hall–Kier alpha value is -3.06. The first-order chi connectivity index (χ1) is 13.3. The minimum Gasteiger partial charge on any atom is -0.432 e. The lowest BCUT2D eigenvalue weighted by Gasteiger charge is -2.15. The number of nitriles is 1. The summed E-state index contributed by atoms with van der Waals surface area (Å²) in [7, 11) is 1.53. The first kappa shape index (κ1) is 19.7. The highest BCUT2D eigenvalue weighted by Crippen LogP contribution is 2.32. The number of halogens is 3. The molecule has 1 N–H and O–H groups in total. The number of benzene rings is 1. The Labute approximate surface area is 158 Å². The number of rotatable bonds is 5. The number of oxazole rings is 1. The first-order valence-corrected chi connectivity index (χ1v) is 8.41. The van der Waals surface area contributed by atoms with Crippen LogP contribution in [-0.2, 0) is 10.9 Å². The van der Waals surface area contributed by atoms with Gasteiger partial charge in [-0.3, -0.25) is 4.79 Å². The molecule has 2 heterocycles. The Balaban J connectivity index is 1.69. The van der Waals surface area contributed by atoms with Gasteiger partial charge >= 0.3 is 12.1 Å². The highest BCUT2D eigenvalue weighted by molar-refractivity contribution is 5.90. The average Bonchev–Trinajstić information content (AvgIpc) is 3.29. The lowest BCUT2D eigenvalue weighted by Crippen LogP contribution is -2.36. The number of methoxy groups -OCH3 is 1. The van der Waals surface area contributed by atoms with E-state index in [4.69, 9.17) is 14.4 Å². The Bertz CT molecular complexity index is 891. The summed E-state index contributed by atoms with van der Waals surface area (Å²) < 4.78 is 48.9. The molecule has 148 valence electrons. The van der Waals surface area contributed by atoms with E-state index in [0.717, 1.165) is 12.1 Å². The van der Waals surface area contributed by atoms with Crippen LogP contribution in [0.1, 0.15) is 22.7 Å². The third kappa shape index (κ3) is 4.26. The zero-order valence-corrected chi connectivity index (χ0v) is 14.9. The molecule has 1 aromatic carbocycles. The van der Waals surface area contributed by atoms with E-state index in [-0.39, 0.29) is 29.3 Å². The molecule has 2 atom stereocenters. The molecular formula is C18H17F3N4O3. The maximum atomic E-state index is 12.8. The lowest BCUT2D eigenvalue weighted by molar-refractivity contribution is -0.137. The Morgan fingerprint density at radius 3 is 2.96 bits per heavy atom. The van der Waals surface area contributed by atoms with Gasteiger partial charge in [-0.05, 0) is 18.6 Å². The fourth-order valence-corrected chi connectivity index (χ4v) is 3.10. The molecule has 1 aromatic heterocycles. The van der Waals surface area contributed by atoms with Crippen LogP contribution in [0.5, 0.6) is 0 Å².